The number of nitrogens with zero attached hydrogens (tertiary/aromatic N) is 1. The Morgan fingerprint density at radius 1 is 1.47 bits per heavy atom. The molecule has 1 amide bonds. The Bertz CT molecular complexity index is 423. The number of halogens is 1. The highest BCUT2D eigenvalue weighted by molar-refractivity contribution is 6.31. The van der Waals surface area contributed by atoms with Gasteiger partial charge in [-0.2, -0.15) is 0 Å². The minimum Gasteiger partial charge on any atom is -0.386 e. The van der Waals surface area contributed by atoms with E-state index in [9.17, 15) is 9.90 Å². The van der Waals surface area contributed by atoms with Gasteiger partial charge in [-0.3, -0.25) is 4.79 Å². The molecule has 92 valence electrons. The van der Waals surface area contributed by atoms with E-state index in [1.807, 2.05) is 24.3 Å². The van der Waals surface area contributed by atoms with Crippen LogP contribution < -0.4 is 0 Å². The highest BCUT2D eigenvalue weighted by atomic mass is 35.5. The molecule has 0 unspecified atom stereocenters. The van der Waals surface area contributed by atoms with E-state index >= 15 is 0 Å². The van der Waals surface area contributed by atoms with Crippen molar-refractivity contribution < 1.29 is 9.90 Å². The average molecular weight is 254 g/mol. The van der Waals surface area contributed by atoms with Crippen LogP contribution in [0.25, 0.3) is 0 Å². The van der Waals surface area contributed by atoms with Crippen molar-refractivity contribution in [2.24, 2.45) is 0 Å². The number of aliphatic hydroxyl groups is 1. The molecule has 17 heavy (non-hydrogen) atoms. The number of rotatable bonds is 3. The first-order valence-corrected chi connectivity index (χ1v) is 6.09. The molecule has 0 radical (unpaired) electrons. The number of hydrogen-bond donors (Lipinski definition) is 1. The van der Waals surface area contributed by atoms with E-state index in [4.69, 9.17) is 11.6 Å². The Kier molecular flexibility index (Phi) is 3.40. The van der Waals surface area contributed by atoms with Gasteiger partial charge in [0.25, 0.3) is 0 Å². The van der Waals surface area contributed by atoms with Crippen LogP contribution in [0.2, 0.25) is 5.02 Å². The summed E-state index contributed by atoms with van der Waals surface area (Å²) in [6, 6.07) is 7.55. The number of carbonyl (C=O) groups excluding carboxylic acids is 1. The summed E-state index contributed by atoms with van der Waals surface area (Å²) in [6.45, 7) is 2.62. The Hall–Kier alpha value is -1.06. The molecule has 0 spiro atoms. The van der Waals surface area contributed by atoms with Gasteiger partial charge in [-0.25, -0.2) is 0 Å². The van der Waals surface area contributed by atoms with E-state index in [0.29, 0.717) is 31.0 Å². The van der Waals surface area contributed by atoms with E-state index in [0.717, 1.165) is 5.56 Å². The summed E-state index contributed by atoms with van der Waals surface area (Å²) < 4.78 is 0. The van der Waals surface area contributed by atoms with Crippen LogP contribution in [0.3, 0.4) is 0 Å². The van der Waals surface area contributed by atoms with Gasteiger partial charge in [-0.15, -0.1) is 0 Å². The second-order valence-corrected chi connectivity index (χ2v) is 5.25. The zero-order valence-electron chi connectivity index (χ0n) is 9.82. The summed E-state index contributed by atoms with van der Waals surface area (Å²) in [5.74, 6) is 0.0800. The van der Waals surface area contributed by atoms with Crippen molar-refractivity contribution >= 4 is 17.5 Å². The van der Waals surface area contributed by atoms with Crippen molar-refractivity contribution in [2.75, 3.05) is 13.1 Å². The van der Waals surface area contributed by atoms with E-state index in [2.05, 4.69) is 0 Å². The Morgan fingerprint density at radius 3 is 2.71 bits per heavy atom. The number of carbonyl (C=O) groups is 1. The van der Waals surface area contributed by atoms with Crippen molar-refractivity contribution in [3.63, 3.8) is 0 Å². The number of benzene rings is 1. The fraction of sp³-hybridized carbons (Fsp3) is 0.462. The zero-order chi connectivity index (χ0) is 12.5. The van der Waals surface area contributed by atoms with Crippen LogP contribution in [0.1, 0.15) is 18.9 Å². The van der Waals surface area contributed by atoms with Gasteiger partial charge in [0.2, 0.25) is 5.91 Å². The molecular weight excluding hydrogens is 238 g/mol. The minimum atomic E-state index is -0.694. The van der Waals surface area contributed by atoms with E-state index < -0.39 is 5.60 Å². The average Bonchev–Trinajstić information content (AvgIpc) is 2.24. The number of hydrogen-bond acceptors (Lipinski definition) is 2. The number of aryl methyl sites for hydroxylation is 1. The van der Waals surface area contributed by atoms with Crippen molar-refractivity contribution in [3.05, 3.63) is 34.9 Å². The van der Waals surface area contributed by atoms with Gasteiger partial charge < -0.3 is 10.0 Å². The van der Waals surface area contributed by atoms with Gasteiger partial charge >= 0.3 is 0 Å². The molecule has 3 nitrogen and oxygen atoms in total. The Labute approximate surface area is 106 Å². The molecule has 0 bridgehead atoms. The summed E-state index contributed by atoms with van der Waals surface area (Å²) in [6.07, 6.45) is 1.09. The topological polar surface area (TPSA) is 40.5 Å². The molecule has 1 aliphatic rings. The van der Waals surface area contributed by atoms with Crippen molar-refractivity contribution in [3.8, 4) is 0 Å². The molecule has 1 aromatic carbocycles. The quantitative estimate of drug-likeness (QED) is 0.893. The summed E-state index contributed by atoms with van der Waals surface area (Å²) in [4.78, 5) is 13.4. The van der Waals surface area contributed by atoms with Crippen molar-refractivity contribution in [2.45, 2.75) is 25.4 Å². The highest BCUT2D eigenvalue weighted by Crippen LogP contribution is 2.22. The summed E-state index contributed by atoms with van der Waals surface area (Å²) >= 11 is 6.02. The summed E-state index contributed by atoms with van der Waals surface area (Å²) in [7, 11) is 0. The lowest BCUT2D eigenvalue weighted by Crippen LogP contribution is -2.61. The largest absolute Gasteiger partial charge is 0.386 e. The molecule has 0 atom stereocenters. The van der Waals surface area contributed by atoms with Gasteiger partial charge in [0.1, 0.15) is 0 Å². The molecule has 0 saturated carbocycles. The maximum Gasteiger partial charge on any atom is 0.223 e. The SMILES string of the molecule is CC1(O)CN(C(=O)CCc2ccccc2Cl)C1. The van der Waals surface area contributed by atoms with Crippen molar-refractivity contribution in [1.82, 2.24) is 4.90 Å². The molecule has 4 heteroatoms. The Balaban J connectivity index is 1.83. The summed E-state index contributed by atoms with van der Waals surface area (Å²) in [5, 5.41) is 10.3. The van der Waals surface area contributed by atoms with Crippen LogP contribution in [0.15, 0.2) is 24.3 Å². The first kappa shape index (κ1) is 12.4. The number of β-amino-alcohol motifs (C(OH)–C–C–N with tert-alkyl or cyclic N) is 1. The third-order valence-electron chi connectivity index (χ3n) is 2.98. The molecule has 1 aliphatic heterocycles. The van der Waals surface area contributed by atoms with Gasteiger partial charge in [0.15, 0.2) is 0 Å². The van der Waals surface area contributed by atoms with Crippen LogP contribution in [-0.2, 0) is 11.2 Å². The summed E-state index contributed by atoms with van der Waals surface area (Å²) in [5.41, 5.74) is 0.301. The van der Waals surface area contributed by atoms with Crippen LogP contribution in [-0.4, -0.2) is 34.6 Å². The molecule has 1 aromatic rings. The molecule has 1 heterocycles. The fourth-order valence-electron chi connectivity index (χ4n) is 2.05. The molecule has 1 saturated heterocycles. The lowest BCUT2D eigenvalue weighted by Gasteiger charge is -2.44. The number of amides is 1. The molecule has 0 aromatic heterocycles. The standard InChI is InChI=1S/C13H16ClNO2/c1-13(17)8-15(9-13)12(16)7-6-10-4-2-3-5-11(10)14/h2-5,17H,6-9H2,1H3. The second kappa shape index (κ2) is 4.67. The lowest BCUT2D eigenvalue weighted by atomic mass is 9.96. The zero-order valence-corrected chi connectivity index (χ0v) is 10.6. The van der Waals surface area contributed by atoms with Crippen LogP contribution in [0.4, 0.5) is 0 Å². The lowest BCUT2D eigenvalue weighted by molar-refractivity contribution is -0.152. The van der Waals surface area contributed by atoms with E-state index in [1.165, 1.54) is 0 Å². The first-order chi connectivity index (χ1) is 7.98. The normalized spacial score (nSPS) is 17.7. The monoisotopic (exact) mass is 253 g/mol. The molecule has 2 rings (SSSR count). The van der Waals surface area contributed by atoms with Crippen LogP contribution in [0, 0.1) is 0 Å². The predicted molar refractivity (Wildman–Crippen MR) is 67.0 cm³/mol. The maximum atomic E-state index is 11.8. The third-order valence-corrected chi connectivity index (χ3v) is 3.35. The van der Waals surface area contributed by atoms with E-state index in [1.54, 1.807) is 11.8 Å². The van der Waals surface area contributed by atoms with Crippen molar-refractivity contribution in [1.29, 1.82) is 0 Å². The van der Waals surface area contributed by atoms with Gasteiger partial charge in [0, 0.05) is 11.4 Å². The molecule has 1 N–H and O–H groups in total. The fourth-order valence-corrected chi connectivity index (χ4v) is 2.28. The van der Waals surface area contributed by atoms with Gasteiger partial charge in [-0.05, 0) is 25.0 Å². The molecular formula is C13H16ClNO2. The smallest absolute Gasteiger partial charge is 0.223 e. The van der Waals surface area contributed by atoms with Gasteiger partial charge in [-0.1, -0.05) is 29.8 Å². The third kappa shape index (κ3) is 2.99. The first-order valence-electron chi connectivity index (χ1n) is 5.71. The Morgan fingerprint density at radius 2 is 2.12 bits per heavy atom. The number of likely N-dealkylation sites (tertiary alicyclic amines) is 1. The minimum absolute atomic E-state index is 0.0800. The van der Waals surface area contributed by atoms with E-state index in [-0.39, 0.29) is 5.91 Å². The molecule has 1 fully saturated rings. The van der Waals surface area contributed by atoms with Gasteiger partial charge in [0.05, 0.1) is 18.7 Å². The second-order valence-electron chi connectivity index (χ2n) is 4.84. The predicted octanol–water partition coefficient (Wildman–Crippen LogP) is 1.87. The highest BCUT2D eigenvalue weighted by Gasteiger charge is 2.38. The van der Waals surface area contributed by atoms with Crippen LogP contribution >= 0.6 is 11.6 Å². The molecule has 0 aliphatic carbocycles. The maximum absolute atomic E-state index is 11.8. The van der Waals surface area contributed by atoms with Crippen LogP contribution in [0.5, 0.6) is 0 Å².